The van der Waals surface area contributed by atoms with Gasteiger partial charge in [-0.05, 0) is 25.3 Å². The second-order valence-corrected chi connectivity index (χ2v) is 9.09. The van der Waals surface area contributed by atoms with Gasteiger partial charge in [0.15, 0.2) is 5.88 Å². The largest absolute Gasteiger partial charge is 0.441 e. The fraction of sp³-hybridized carbons (Fsp3) is 0.467. The zero-order valence-corrected chi connectivity index (χ0v) is 15.8. The van der Waals surface area contributed by atoms with Crippen LogP contribution >= 0.6 is 24.0 Å². The van der Waals surface area contributed by atoms with Crippen molar-refractivity contribution in [1.29, 1.82) is 0 Å². The van der Waals surface area contributed by atoms with E-state index in [4.69, 9.17) is 21.2 Å². The van der Waals surface area contributed by atoms with E-state index < -0.39 is 15.9 Å². The molecule has 0 bridgehead atoms. The van der Waals surface area contributed by atoms with Gasteiger partial charge in [-0.1, -0.05) is 24.0 Å². The molecule has 3 rings (SSSR count). The number of nitrogens with zero attached hydrogens (tertiary/aromatic N) is 2. The molecule has 1 aromatic rings. The third-order valence-corrected chi connectivity index (χ3v) is 6.08. The third kappa shape index (κ3) is 4.63. The maximum Gasteiger partial charge on any atom is 0.266 e. The minimum absolute atomic E-state index is 0.169. The minimum atomic E-state index is -4.15. The normalized spacial score (nSPS) is 20.8. The molecule has 0 spiro atoms. The third-order valence-electron chi connectivity index (χ3n) is 4.00. The highest BCUT2D eigenvalue weighted by atomic mass is 32.2. The number of anilines is 1. The highest BCUT2D eigenvalue weighted by Gasteiger charge is 2.32. The van der Waals surface area contributed by atoms with Crippen molar-refractivity contribution in [1.82, 2.24) is 4.90 Å². The quantitative estimate of drug-likeness (QED) is 0.456. The Bertz CT molecular complexity index is 809. The molecule has 0 radical (unpaired) electrons. The summed E-state index contributed by atoms with van der Waals surface area (Å²) in [6, 6.07) is 3.69. The number of furan rings is 1. The van der Waals surface area contributed by atoms with Crippen molar-refractivity contribution in [3.05, 3.63) is 22.8 Å². The standard InChI is InChI=1S/C15H18N2O5S3/c18-14-12(24-15(23)17(14)8-9-25(19,20)21)10-11-4-5-13(22-11)16-6-2-1-3-7-16/h4-5,10H,1-3,6-9H2,(H,19,20,21)/b12-10+. The second kappa shape index (κ2) is 7.48. The van der Waals surface area contributed by atoms with Gasteiger partial charge in [-0.3, -0.25) is 14.2 Å². The van der Waals surface area contributed by atoms with E-state index in [9.17, 15) is 13.2 Å². The number of amides is 1. The van der Waals surface area contributed by atoms with Crippen LogP contribution in [0.2, 0.25) is 0 Å². The number of hydrogen-bond acceptors (Lipinski definition) is 7. The molecular formula is C15H18N2O5S3. The van der Waals surface area contributed by atoms with E-state index in [-0.39, 0.29) is 16.8 Å². The van der Waals surface area contributed by atoms with Gasteiger partial charge < -0.3 is 9.32 Å². The fourth-order valence-corrected chi connectivity index (χ4v) is 4.43. The molecule has 3 heterocycles. The molecule has 1 amide bonds. The zero-order valence-electron chi connectivity index (χ0n) is 13.4. The Balaban J connectivity index is 1.70. The average molecular weight is 403 g/mol. The van der Waals surface area contributed by atoms with Gasteiger partial charge in [0.05, 0.1) is 10.7 Å². The Morgan fingerprint density at radius 1 is 1.28 bits per heavy atom. The highest BCUT2D eigenvalue weighted by Crippen LogP contribution is 2.33. The maximum absolute atomic E-state index is 12.4. The summed E-state index contributed by atoms with van der Waals surface area (Å²) < 4.78 is 36.6. The van der Waals surface area contributed by atoms with Gasteiger partial charge in [-0.25, -0.2) is 0 Å². The maximum atomic E-state index is 12.4. The van der Waals surface area contributed by atoms with Crippen LogP contribution in [0.3, 0.4) is 0 Å². The number of thiocarbonyl (C=S) groups is 1. The van der Waals surface area contributed by atoms with Crippen molar-refractivity contribution >= 4 is 56.3 Å². The molecule has 0 aliphatic carbocycles. The zero-order chi connectivity index (χ0) is 18.0. The fourth-order valence-electron chi connectivity index (χ4n) is 2.73. The van der Waals surface area contributed by atoms with Crippen LogP contribution in [0.25, 0.3) is 6.08 Å². The molecule has 2 fully saturated rings. The number of carbonyl (C=O) groups excluding carboxylic acids is 1. The Morgan fingerprint density at radius 2 is 2.00 bits per heavy atom. The smallest absolute Gasteiger partial charge is 0.266 e. The molecule has 2 aliphatic heterocycles. The van der Waals surface area contributed by atoms with E-state index >= 15 is 0 Å². The van der Waals surface area contributed by atoms with Crippen molar-refractivity contribution in [2.45, 2.75) is 19.3 Å². The molecule has 0 unspecified atom stereocenters. The number of hydrogen-bond donors (Lipinski definition) is 1. The molecular weight excluding hydrogens is 384 g/mol. The van der Waals surface area contributed by atoms with E-state index in [2.05, 4.69) is 4.90 Å². The van der Waals surface area contributed by atoms with Crippen LogP contribution in [-0.2, 0) is 14.9 Å². The second-order valence-electron chi connectivity index (χ2n) is 5.84. The minimum Gasteiger partial charge on any atom is -0.441 e. The van der Waals surface area contributed by atoms with Gasteiger partial charge in [-0.2, -0.15) is 8.42 Å². The van der Waals surface area contributed by atoms with Crippen LogP contribution < -0.4 is 4.90 Å². The number of rotatable bonds is 5. The Labute approximate surface area is 155 Å². The van der Waals surface area contributed by atoms with Crippen molar-refractivity contribution in [2.75, 3.05) is 30.3 Å². The number of carbonyl (C=O) groups is 1. The van der Waals surface area contributed by atoms with Gasteiger partial charge in [0, 0.05) is 31.8 Å². The first-order valence-corrected chi connectivity index (χ1v) is 10.7. The summed E-state index contributed by atoms with van der Waals surface area (Å²) >= 11 is 6.21. The summed E-state index contributed by atoms with van der Waals surface area (Å²) in [5, 5.41) is 0. The molecule has 0 aromatic carbocycles. The molecule has 0 saturated carbocycles. The van der Waals surface area contributed by atoms with Crippen molar-refractivity contribution in [3.8, 4) is 0 Å². The van der Waals surface area contributed by atoms with Crippen LogP contribution in [-0.4, -0.2) is 53.5 Å². The van der Waals surface area contributed by atoms with Gasteiger partial charge in [0.1, 0.15) is 10.1 Å². The summed E-state index contributed by atoms with van der Waals surface area (Å²) in [6.07, 6.45) is 5.13. The molecule has 0 atom stereocenters. The van der Waals surface area contributed by atoms with E-state index in [1.807, 2.05) is 6.07 Å². The van der Waals surface area contributed by atoms with Crippen molar-refractivity contribution < 1.29 is 22.2 Å². The monoisotopic (exact) mass is 402 g/mol. The summed E-state index contributed by atoms with van der Waals surface area (Å²) in [4.78, 5) is 16.1. The molecule has 25 heavy (non-hydrogen) atoms. The Kier molecular flexibility index (Phi) is 5.52. The predicted octanol–water partition coefficient (Wildman–Crippen LogP) is 2.36. The lowest BCUT2D eigenvalue weighted by molar-refractivity contribution is -0.121. The SMILES string of the molecule is O=C1/C(=C\c2ccc(N3CCCCC3)o2)SC(=S)N1CCS(=O)(=O)O. The van der Waals surface area contributed by atoms with Crippen LogP contribution in [0.1, 0.15) is 25.0 Å². The van der Waals surface area contributed by atoms with Crippen LogP contribution in [0, 0.1) is 0 Å². The molecule has 1 aromatic heterocycles. The summed E-state index contributed by atoms with van der Waals surface area (Å²) in [5.41, 5.74) is 0. The predicted molar refractivity (Wildman–Crippen MR) is 101 cm³/mol. The molecule has 2 aliphatic rings. The van der Waals surface area contributed by atoms with Crippen LogP contribution in [0.15, 0.2) is 21.5 Å². The van der Waals surface area contributed by atoms with E-state index in [1.165, 1.54) is 11.3 Å². The molecule has 1 N–H and O–H groups in total. The first-order chi connectivity index (χ1) is 11.8. The molecule has 136 valence electrons. The topological polar surface area (TPSA) is 91.1 Å². The lowest BCUT2D eigenvalue weighted by atomic mass is 10.1. The lowest BCUT2D eigenvalue weighted by Crippen LogP contribution is -2.32. The van der Waals surface area contributed by atoms with Gasteiger partial charge in [0.25, 0.3) is 16.0 Å². The average Bonchev–Trinajstić information content (AvgIpc) is 3.12. The summed E-state index contributed by atoms with van der Waals surface area (Å²) in [5.74, 6) is 0.408. The lowest BCUT2D eigenvalue weighted by Gasteiger charge is -2.25. The van der Waals surface area contributed by atoms with Crippen LogP contribution in [0.4, 0.5) is 5.88 Å². The first kappa shape index (κ1) is 18.4. The molecule has 2 saturated heterocycles. The number of piperidine rings is 1. The summed E-state index contributed by atoms with van der Waals surface area (Å²) in [6.45, 7) is 1.76. The van der Waals surface area contributed by atoms with E-state index in [0.717, 1.165) is 43.6 Å². The highest BCUT2D eigenvalue weighted by molar-refractivity contribution is 8.26. The Hall–Kier alpha value is -1.36. The molecule has 7 nitrogen and oxygen atoms in total. The Morgan fingerprint density at radius 3 is 2.68 bits per heavy atom. The van der Waals surface area contributed by atoms with Crippen molar-refractivity contribution in [3.63, 3.8) is 0 Å². The van der Waals surface area contributed by atoms with E-state index in [1.54, 1.807) is 12.1 Å². The van der Waals surface area contributed by atoms with Gasteiger partial charge in [0.2, 0.25) is 0 Å². The molecule has 10 heteroatoms. The van der Waals surface area contributed by atoms with Crippen LogP contribution in [0.5, 0.6) is 0 Å². The van der Waals surface area contributed by atoms with Gasteiger partial charge >= 0.3 is 0 Å². The number of thioether (sulfide) groups is 1. The van der Waals surface area contributed by atoms with E-state index in [0.29, 0.717) is 10.7 Å². The first-order valence-electron chi connectivity index (χ1n) is 7.89. The summed E-state index contributed by atoms with van der Waals surface area (Å²) in [7, 11) is -4.15. The van der Waals surface area contributed by atoms with Crippen molar-refractivity contribution in [2.24, 2.45) is 0 Å². The van der Waals surface area contributed by atoms with Gasteiger partial charge in [-0.15, -0.1) is 0 Å².